The molecule has 0 N–H and O–H groups in total. The largest absolute Gasteiger partial charge is 0.368 e. The van der Waals surface area contributed by atoms with Crippen molar-refractivity contribution in [1.29, 1.82) is 0 Å². The molecule has 0 saturated heterocycles. The highest BCUT2D eigenvalue weighted by atomic mass is 32.2. The number of hydrogen-bond donors (Lipinski definition) is 0. The Morgan fingerprint density at radius 2 is 2.17 bits per heavy atom. The van der Waals surface area contributed by atoms with Gasteiger partial charge in [-0.05, 0) is 32.9 Å². The second-order valence-corrected chi connectivity index (χ2v) is 8.37. The van der Waals surface area contributed by atoms with Gasteiger partial charge in [0, 0.05) is 22.8 Å². The lowest BCUT2D eigenvalue weighted by Crippen LogP contribution is -2.38. The van der Waals surface area contributed by atoms with E-state index in [9.17, 15) is 4.79 Å². The minimum Gasteiger partial charge on any atom is -0.368 e. The summed E-state index contributed by atoms with van der Waals surface area (Å²) in [5.74, 6) is 0.418. The number of rotatable bonds is 3. The Morgan fingerprint density at radius 1 is 1.42 bits per heavy atom. The van der Waals surface area contributed by atoms with Crippen LogP contribution < -0.4 is 4.90 Å². The first-order valence-corrected chi connectivity index (χ1v) is 8.88. The van der Waals surface area contributed by atoms with Crippen LogP contribution >= 0.6 is 11.8 Å². The molecular formula is C18H22N2O3S. The van der Waals surface area contributed by atoms with Crippen LogP contribution in [0.3, 0.4) is 0 Å². The van der Waals surface area contributed by atoms with E-state index < -0.39 is 0 Å². The number of benzene rings is 1. The van der Waals surface area contributed by atoms with Crippen molar-refractivity contribution in [2.45, 2.75) is 50.0 Å². The number of anilines is 1. The maximum atomic E-state index is 12.9. The van der Waals surface area contributed by atoms with Crippen molar-refractivity contribution in [3.05, 3.63) is 41.8 Å². The summed E-state index contributed by atoms with van der Waals surface area (Å²) in [4.78, 5) is 15.8. The molecule has 1 atom stereocenters. The number of thioether (sulfide) groups is 1. The lowest BCUT2D eigenvalue weighted by molar-refractivity contribution is -0.0241. The molecule has 128 valence electrons. The molecule has 2 heterocycles. The maximum Gasteiger partial charge on any atom is 0.280 e. The van der Waals surface area contributed by atoms with Gasteiger partial charge in [-0.15, -0.1) is 11.8 Å². The van der Waals surface area contributed by atoms with E-state index in [2.05, 4.69) is 12.1 Å². The highest BCUT2D eigenvalue weighted by Gasteiger charge is 2.29. The van der Waals surface area contributed by atoms with E-state index >= 15 is 0 Å². The zero-order valence-corrected chi connectivity index (χ0v) is 15.2. The van der Waals surface area contributed by atoms with E-state index in [0.29, 0.717) is 29.9 Å². The molecule has 1 aromatic heterocycles. The van der Waals surface area contributed by atoms with Crippen molar-refractivity contribution in [2.75, 3.05) is 11.4 Å². The topological polar surface area (TPSA) is 55.6 Å². The highest BCUT2D eigenvalue weighted by molar-refractivity contribution is 8.00. The fraction of sp³-hybridized carbons (Fsp3) is 0.444. The molecule has 1 aliphatic rings. The number of nitrogens with zero attached hydrogens (tertiary/aromatic N) is 2. The second kappa shape index (κ2) is 6.61. The van der Waals surface area contributed by atoms with Crippen molar-refractivity contribution in [1.82, 2.24) is 5.16 Å². The van der Waals surface area contributed by atoms with Gasteiger partial charge in [0.25, 0.3) is 5.91 Å². The highest BCUT2D eigenvalue weighted by Crippen LogP contribution is 2.38. The summed E-state index contributed by atoms with van der Waals surface area (Å²) >= 11 is 1.79. The molecule has 0 spiro atoms. The number of amides is 1. The van der Waals surface area contributed by atoms with Crippen LogP contribution in [0.25, 0.3) is 0 Å². The first-order chi connectivity index (χ1) is 11.3. The smallest absolute Gasteiger partial charge is 0.280 e. The van der Waals surface area contributed by atoms with Gasteiger partial charge in [0.1, 0.15) is 6.61 Å². The van der Waals surface area contributed by atoms with Crippen molar-refractivity contribution < 1.29 is 14.1 Å². The SMILES string of the molecule is C[C@@H]1CN(C(=O)c2cc(COC(C)(C)C)on2)c2ccccc2S1. The van der Waals surface area contributed by atoms with Crippen LogP contribution in [0.5, 0.6) is 0 Å². The summed E-state index contributed by atoms with van der Waals surface area (Å²) in [7, 11) is 0. The predicted molar refractivity (Wildman–Crippen MR) is 94.5 cm³/mol. The Kier molecular flexibility index (Phi) is 4.69. The average Bonchev–Trinajstić information content (AvgIpc) is 3.00. The first-order valence-electron chi connectivity index (χ1n) is 8.00. The Labute approximate surface area is 146 Å². The van der Waals surface area contributed by atoms with Crippen LogP contribution in [-0.4, -0.2) is 28.5 Å². The number of fused-ring (bicyclic) bond motifs is 1. The van der Waals surface area contributed by atoms with E-state index in [1.165, 1.54) is 0 Å². The Balaban J connectivity index is 1.79. The van der Waals surface area contributed by atoms with Gasteiger partial charge in [-0.1, -0.05) is 24.2 Å². The van der Waals surface area contributed by atoms with Gasteiger partial charge in [0.05, 0.1) is 11.3 Å². The van der Waals surface area contributed by atoms with E-state index in [1.54, 1.807) is 22.7 Å². The van der Waals surface area contributed by atoms with Crippen molar-refractivity contribution in [2.24, 2.45) is 0 Å². The summed E-state index contributed by atoms with van der Waals surface area (Å²) in [5.41, 5.74) is 0.979. The molecule has 0 bridgehead atoms. The predicted octanol–water partition coefficient (Wildman–Crippen LogP) is 4.13. The Hall–Kier alpha value is -1.79. The molecule has 1 aliphatic heterocycles. The van der Waals surface area contributed by atoms with Gasteiger partial charge in [0.15, 0.2) is 11.5 Å². The van der Waals surface area contributed by atoms with Crippen LogP contribution in [0.2, 0.25) is 0 Å². The summed E-state index contributed by atoms with van der Waals surface area (Å²) < 4.78 is 10.9. The Bertz CT molecular complexity index is 736. The number of aromatic nitrogens is 1. The number of para-hydroxylation sites is 1. The van der Waals surface area contributed by atoms with Gasteiger partial charge in [-0.3, -0.25) is 4.79 Å². The van der Waals surface area contributed by atoms with Crippen LogP contribution in [0.15, 0.2) is 39.8 Å². The molecule has 3 rings (SSSR count). The molecule has 6 heteroatoms. The quantitative estimate of drug-likeness (QED) is 0.836. The lowest BCUT2D eigenvalue weighted by Gasteiger charge is -2.32. The van der Waals surface area contributed by atoms with Gasteiger partial charge in [-0.25, -0.2) is 0 Å². The molecule has 0 saturated carbocycles. The minimum absolute atomic E-state index is 0.139. The monoisotopic (exact) mass is 346 g/mol. The average molecular weight is 346 g/mol. The fourth-order valence-corrected chi connectivity index (χ4v) is 3.60. The third kappa shape index (κ3) is 3.82. The number of ether oxygens (including phenoxy) is 1. The van der Waals surface area contributed by atoms with E-state index in [1.807, 2.05) is 45.0 Å². The van der Waals surface area contributed by atoms with Crippen LogP contribution in [-0.2, 0) is 11.3 Å². The Morgan fingerprint density at radius 3 is 2.92 bits per heavy atom. The second-order valence-electron chi connectivity index (χ2n) is 6.89. The van der Waals surface area contributed by atoms with E-state index in [-0.39, 0.29) is 11.5 Å². The maximum absolute atomic E-state index is 12.9. The summed E-state index contributed by atoms with van der Waals surface area (Å²) in [5, 5.41) is 4.27. The summed E-state index contributed by atoms with van der Waals surface area (Å²) in [6, 6.07) is 9.62. The molecule has 5 nitrogen and oxygen atoms in total. The lowest BCUT2D eigenvalue weighted by atomic mass is 10.2. The van der Waals surface area contributed by atoms with E-state index in [4.69, 9.17) is 9.26 Å². The number of carbonyl (C=O) groups is 1. The van der Waals surface area contributed by atoms with Gasteiger partial charge in [0.2, 0.25) is 0 Å². The third-order valence-corrected chi connectivity index (χ3v) is 4.75. The van der Waals surface area contributed by atoms with Crippen molar-refractivity contribution in [3.63, 3.8) is 0 Å². The van der Waals surface area contributed by atoms with Crippen molar-refractivity contribution in [3.8, 4) is 0 Å². The van der Waals surface area contributed by atoms with Crippen LogP contribution in [0, 0.1) is 0 Å². The molecule has 2 aromatic rings. The fourth-order valence-electron chi connectivity index (χ4n) is 2.49. The van der Waals surface area contributed by atoms with Gasteiger partial charge in [-0.2, -0.15) is 0 Å². The van der Waals surface area contributed by atoms with E-state index in [0.717, 1.165) is 10.6 Å². The molecule has 0 aliphatic carbocycles. The van der Waals surface area contributed by atoms with Crippen molar-refractivity contribution >= 4 is 23.4 Å². The molecule has 1 amide bonds. The molecule has 24 heavy (non-hydrogen) atoms. The first kappa shape index (κ1) is 17.0. The summed E-state index contributed by atoms with van der Waals surface area (Å²) in [6.07, 6.45) is 0. The zero-order valence-electron chi connectivity index (χ0n) is 14.4. The van der Waals surface area contributed by atoms with Crippen LogP contribution in [0.4, 0.5) is 5.69 Å². The van der Waals surface area contributed by atoms with Gasteiger partial charge < -0.3 is 14.2 Å². The molecule has 0 fully saturated rings. The zero-order chi connectivity index (χ0) is 17.3. The molecule has 0 unspecified atom stereocenters. The standard InChI is InChI=1S/C18H22N2O3S/c1-12-10-20(15-7-5-6-8-16(15)24-12)17(21)14-9-13(23-19-14)11-22-18(2,3)4/h5-9,12H,10-11H2,1-4H3/t12-/m1/s1. The summed E-state index contributed by atoms with van der Waals surface area (Å²) in [6.45, 7) is 8.98. The normalized spacial score (nSPS) is 17.7. The molecule has 0 radical (unpaired) electrons. The van der Waals surface area contributed by atoms with Gasteiger partial charge >= 0.3 is 0 Å². The molecular weight excluding hydrogens is 324 g/mol. The number of carbonyl (C=O) groups excluding carboxylic acids is 1. The van der Waals surface area contributed by atoms with Crippen LogP contribution in [0.1, 0.15) is 43.9 Å². The minimum atomic E-state index is -0.268. The number of hydrogen-bond acceptors (Lipinski definition) is 5. The molecule has 1 aromatic carbocycles. The third-order valence-electron chi connectivity index (χ3n) is 3.59.